The number of carbonyl (C=O) groups excluding carboxylic acids is 2. The number of nitrogens with zero attached hydrogens (tertiary/aromatic N) is 3. The van der Waals surface area contributed by atoms with E-state index >= 15 is 0 Å². The summed E-state index contributed by atoms with van der Waals surface area (Å²) in [6, 6.07) is 1.94. The molecule has 2 aliphatic heterocycles. The van der Waals surface area contributed by atoms with Crippen molar-refractivity contribution in [3.05, 3.63) is 17.5 Å². The zero-order valence-corrected chi connectivity index (χ0v) is 12.5. The maximum absolute atomic E-state index is 12.2. The second-order valence-corrected chi connectivity index (χ2v) is 5.91. The number of hydrogen-bond acceptors (Lipinski definition) is 5. The van der Waals surface area contributed by atoms with E-state index in [4.69, 9.17) is 4.74 Å². The number of cyclic esters (lactones) is 1. The maximum Gasteiger partial charge on any atom is 0.410 e. The molecule has 120 valence electrons. The van der Waals surface area contributed by atoms with Crippen LogP contribution >= 0.6 is 0 Å². The average molecular weight is 308 g/mol. The van der Waals surface area contributed by atoms with E-state index in [0.717, 1.165) is 11.4 Å². The molecule has 2 aliphatic rings. The summed E-state index contributed by atoms with van der Waals surface area (Å²) >= 11 is 0. The lowest BCUT2D eigenvalue weighted by Crippen LogP contribution is -2.40. The number of aliphatic hydroxyl groups is 1. The third kappa shape index (κ3) is 3.06. The number of aliphatic hydroxyl groups excluding tert-OH is 1. The number of amides is 2. The van der Waals surface area contributed by atoms with Crippen molar-refractivity contribution in [2.45, 2.75) is 19.4 Å². The van der Waals surface area contributed by atoms with Crippen LogP contribution in [0.25, 0.3) is 0 Å². The highest BCUT2D eigenvalue weighted by Crippen LogP contribution is 2.21. The molecule has 8 nitrogen and oxygen atoms in total. The molecule has 2 N–H and O–H groups in total. The summed E-state index contributed by atoms with van der Waals surface area (Å²) in [5.74, 6) is -0.184. The molecule has 2 saturated heterocycles. The van der Waals surface area contributed by atoms with Gasteiger partial charge in [-0.25, -0.2) is 4.79 Å². The molecule has 0 radical (unpaired) electrons. The van der Waals surface area contributed by atoms with Crippen LogP contribution in [0.2, 0.25) is 0 Å². The largest absolute Gasteiger partial charge is 0.448 e. The van der Waals surface area contributed by atoms with Gasteiger partial charge in [0, 0.05) is 24.7 Å². The summed E-state index contributed by atoms with van der Waals surface area (Å²) in [5.41, 5.74) is 1.86. The molecule has 2 fully saturated rings. The normalized spacial score (nSPS) is 24.9. The van der Waals surface area contributed by atoms with E-state index in [-0.39, 0.29) is 18.4 Å². The van der Waals surface area contributed by atoms with Gasteiger partial charge in [0.2, 0.25) is 5.91 Å². The molecule has 1 aromatic rings. The molecule has 0 aromatic carbocycles. The lowest BCUT2D eigenvalue weighted by Gasteiger charge is -2.19. The van der Waals surface area contributed by atoms with Crippen molar-refractivity contribution in [1.29, 1.82) is 0 Å². The quantitative estimate of drug-likeness (QED) is 0.783. The van der Waals surface area contributed by atoms with E-state index in [1.165, 1.54) is 4.90 Å². The smallest absolute Gasteiger partial charge is 0.410 e. The fourth-order valence-electron chi connectivity index (χ4n) is 2.94. The van der Waals surface area contributed by atoms with Crippen LogP contribution in [0.1, 0.15) is 11.4 Å². The van der Waals surface area contributed by atoms with Crippen LogP contribution in [-0.4, -0.2) is 76.0 Å². The van der Waals surface area contributed by atoms with E-state index < -0.39 is 12.2 Å². The fraction of sp³-hybridized carbons (Fsp3) is 0.643. The van der Waals surface area contributed by atoms with Gasteiger partial charge in [0.05, 0.1) is 18.3 Å². The molecule has 22 heavy (non-hydrogen) atoms. The minimum Gasteiger partial charge on any atom is -0.448 e. The highest BCUT2D eigenvalue weighted by atomic mass is 16.6. The predicted octanol–water partition coefficient (Wildman–Crippen LogP) is -0.468. The van der Waals surface area contributed by atoms with Crippen LogP contribution in [0.5, 0.6) is 0 Å². The Bertz CT molecular complexity index is 573. The number of H-pyrrole nitrogens is 1. The first-order valence-electron chi connectivity index (χ1n) is 7.41. The molecule has 0 unspecified atom stereocenters. The minimum absolute atomic E-state index is 0.0137. The van der Waals surface area contributed by atoms with Crippen molar-refractivity contribution in [3.63, 3.8) is 0 Å². The lowest BCUT2D eigenvalue weighted by atomic mass is 10.0. The standard InChI is InChI=1S/C14H20N4O4/c1-9-4-11(16-15-9)5-10-6-18(7-12(10)19)13(20)8-17-2-3-22-14(17)21/h4,10,12,19H,2-3,5-8H2,1H3,(H,15,16)/t10-,12-/m1/s1. The Morgan fingerprint density at radius 3 is 3.00 bits per heavy atom. The van der Waals surface area contributed by atoms with E-state index in [1.807, 2.05) is 13.0 Å². The number of hydrogen-bond donors (Lipinski definition) is 2. The molecule has 2 atom stereocenters. The molecule has 0 aliphatic carbocycles. The van der Waals surface area contributed by atoms with Crippen LogP contribution in [0, 0.1) is 12.8 Å². The Balaban J connectivity index is 1.55. The number of aromatic nitrogens is 2. The van der Waals surface area contributed by atoms with Crippen molar-refractivity contribution in [2.75, 3.05) is 32.8 Å². The molecule has 8 heteroatoms. The summed E-state index contributed by atoms with van der Waals surface area (Å²) in [5, 5.41) is 17.2. The van der Waals surface area contributed by atoms with Crippen molar-refractivity contribution in [3.8, 4) is 0 Å². The van der Waals surface area contributed by atoms with Gasteiger partial charge in [-0.1, -0.05) is 0 Å². The monoisotopic (exact) mass is 308 g/mol. The molecule has 3 rings (SSSR count). The minimum atomic E-state index is -0.563. The van der Waals surface area contributed by atoms with E-state index in [0.29, 0.717) is 32.7 Å². The molecule has 2 amide bonds. The molecular formula is C14H20N4O4. The van der Waals surface area contributed by atoms with E-state index in [9.17, 15) is 14.7 Å². The second kappa shape index (κ2) is 5.96. The highest BCUT2D eigenvalue weighted by molar-refractivity contribution is 5.83. The number of likely N-dealkylation sites (tertiary alicyclic amines) is 1. The number of aromatic amines is 1. The number of β-amino-alcohol motifs (C(OH)–C–C–N with tert-alkyl or cyclic N) is 1. The number of rotatable bonds is 4. The zero-order chi connectivity index (χ0) is 15.7. The molecule has 3 heterocycles. The Labute approximate surface area is 128 Å². The Morgan fingerprint density at radius 1 is 1.55 bits per heavy atom. The fourth-order valence-corrected chi connectivity index (χ4v) is 2.94. The first-order valence-corrected chi connectivity index (χ1v) is 7.41. The Hall–Kier alpha value is -2.09. The van der Waals surface area contributed by atoms with Crippen molar-refractivity contribution < 1.29 is 19.4 Å². The lowest BCUT2D eigenvalue weighted by molar-refractivity contribution is -0.131. The number of aryl methyl sites for hydroxylation is 1. The van der Waals surface area contributed by atoms with E-state index in [1.54, 1.807) is 4.90 Å². The van der Waals surface area contributed by atoms with Gasteiger partial charge >= 0.3 is 6.09 Å². The van der Waals surface area contributed by atoms with Gasteiger partial charge in [-0.05, 0) is 19.4 Å². The topological polar surface area (TPSA) is 98.8 Å². The Kier molecular flexibility index (Phi) is 4.02. The Morgan fingerprint density at radius 2 is 2.36 bits per heavy atom. The summed E-state index contributed by atoms with van der Waals surface area (Å²) in [4.78, 5) is 26.6. The first kappa shape index (κ1) is 14.8. The van der Waals surface area contributed by atoms with Crippen LogP contribution in [0.3, 0.4) is 0 Å². The maximum atomic E-state index is 12.2. The summed E-state index contributed by atoms with van der Waals surface area (Å²) in [6.07, 6.45) is -0.385. The number of nitrogens with one attached hydrogen (secondary N) is 1. The highest BCUT2D eigenvalue weighted by Gasteiger charge is 2.36. The van der Waals surface area contributed by atoms with Crippen LogP contribution in [-0.2, 0) is 16.0 Å². The summed E-state index contributed by atoms with van der Waals surface area (Å²) < 4.78 is 4.81. The van der Waals surface area contributed by atoms with Crippen LogP contribution < -0.4 is 0 Å². The third-order valence-corrected chi connectivity index (χ3v) is 4.16. The van der Waals surface area contributed by atoms with Gasteiger partial charge < -0.3 is 14.7 Å². The van der Waals surface area contributed by atoms with Crippen molar-refractivity contribution in [1.82, 2.24) is 20.0 Å². The zero-order valence-electron chi connectivity index (χ0n) is 12.5. The summed E-state index contributed by atoms with van der Waals surface area (Å²) in [7, 11) is 0. The van der Waals surface area contributed by atoms with Crippen LogP contribution in [0.4, 0.5) is 4.79 Å². The van der Waals surface area contributed by atoms with Crippen molar-refractivity contribution >= 4 is 12.0 Å². The molecule has 0 saturated carbocycles. The third-order valence-electron chi connectivity index (χ3n) is 4.16. The predicted molar refractivity (Wildman–Crippen MR) is 76.0 cm³/mol. The van der Waals surface area contributed by atoms with Crippen LogP contribution in [0.15, 0.2) is 6.07 Å². The molecule has 0 spiro atoms. The molecular weight excluding hydrogens is 288 g/mol. The SMILES string of the molecule is Cc1cc(C[C@@H]2CN(C(=O)CN3CCOC3=O)C[C@H]2O)n[nH]1. The second-order valence-electron chi connectivity index (χ2n) is 5.91. The number of carbonyl (C=O) groups is 2. The molecule has 1 aromatic heterocycles. The average Bonchev–Trinajstić information content (AvgIpc) is 3.15. The van der Waals surface area contributed by atoms with E-state index in [2.05, 4.69) is 10.2 Å². The van der Waals surface area contributed by atoms with Gasteiger partial charge in [0.15, 0.2) is 0 Å². The number of ether oxygens (including phenoxy) is 1. The van der Waals surface area contributed by atoms with Crippen molar-refractivity contribution in [2.24, 2.45) is 5.92 Å². The summed E-state index contributed by atoms with van der Waals surface area (Å²) in [6.45, 7) is 3.49. The van der Waals surface area contributed by atoms with Gasteiger partial charge in [-0.2, -0.15) is 5.10 Å². The van der Waals surface area contributed by atoms with Gasteiger partial charge in [-0.3, -0.25) is 14.8 Å². The van der Waals surface area contributed by atoms with Gasteiger partial charge in [-0.15, -0.1) is 0 Å². The molecule has 0 bridgehead atoms. The van der Waals surface area contributed by atoms with Gasteiger partial charge in [0.1, 0.15) is 13.2 Å². The first-order chi connectivity index (χ1) is 10.5. The van der Waals surface area contributed by atoms with Gasteiger partial charge in [0.25, 0.3) is 0 Å².